The highest BCUT2D eigenvalue weighted by atomic mass is 16.3. The Labute approximate surface area is 120 Å². The number of rotatable bonds is 10. The molecule has 0 aromatic carbocycles. The number of allylic oxidation sites excluding steroid dienone is 3. The van der Waals surface area contributed by atoms with E-state index in [9.17, 15) is 4.91 Å². The van der Waals surface area contributed by atoms with Crippen molar-refractivity contribution < 1.29 is 4.42 Å². The lowest BCUT2D eigenvalue weighted by Crippen LogP contribution is -2.07. The van der Waals surface area contributed by atoms with Crippen LogP contribution in [-0.4, -0.2) is 6.54 Å². The molecule has 1 aromatic rings. The minimum absolute atomic E-state index is 0.0616. The SMILES string of the molecule is CC(CC=CCCC=CCC(N)c1ccco1)CN=O. The molecule has 0 amide bonds. The summed E-state index contributed by atoms with van der Waals surface area (Å²) in [4.78, 5) is 10.1. The van der Waals surface area contributed by atoms with Crippen LogP contribution < -0.4 is 5.73 Å². The van der Waals surface area contributed by atoms with Gasteiger partial charge in [-0.1, -0.05) is 36.4 Å². The Morgan fingerprint density at radius 3 is 2.55 bits per heavy atom. The Morgan fingerprint density at radius 2 is 1.95 bits per heavy atom. The molecule has 0 aliphatic carbocycles. The molecule has 0 radical (unpaired) electrons. The van der Waals surface area contributed by atoms with Crippen LogP contribution in [0.4, 0.5) is 0 Å². The fourth-order valence-corrected chi connectivity index (χ4v) is 1.82. The summed E-state index contributed by atoms with van der Waals surface area (Å²) in [6.07, 6.45) is 13.9. The van der Waals surface area contributed by atoms with Crippen LogP contribution in [0.25, 0.3) is 0 Å². The number of hydrogen-bond acceptors (Lipinski definition) is 4. The molecule has 0 saturated heterocycles. The lowest BCUT2D eigenvalue weighted by atomic mass is 10.1. The third-order valence-corrected chi connectivity index (χ3v) is 3.06. The first-order valence-electron chi connectivity index (χ1n) is 7.12. The monoisotopic (exact) mass is 276 g/mol. The number of nitrogens with zero attached hydrogens (tertiary/aromatic N) is 1. The van der Waals surface area contributed by atoms with Crippen molar-refractivity contribution in [3.05, 3.63) is 53.4 Å². The van der Waals surface area contributed by atoms with Crippen molar-refractivity contribution in [2.24, 2.45) is 16.8 Å². The summed E-state index contributed by atoms with van der Waals surface area (Å²) in [6.45, 7) is 2.43. The maximum Gasteiger partial charge on any atom is 0.120 e. The summed E-state index contributed by atoms with van der Waals surface area (Å²) in [6, 6.07) is 3.69. The molecule has 2 N–H and O–H groups in total. The van der Waals surface area contributed by atoms with Gasteiger partial charge in [0.2, 0.25) is 0 Å². The highest BCUT2D eigenvalue weighted by molar-refractivity contribution is 5.05. The molecule has 1 aromatic heterocycles. The van der Waals surface area contributed by atoms with Gasteiger partial charge in [-0.2, -0.15) is 4.91 Å². The zero-order chi connectivity index (χ0) is 14.6. The van der Waals surface area contributed by atoms with Gasteiger partial charge in [-0.05, 0) is 43.7 Å². The molecule has 0 aliphatic heterocycles. The van der Waals surface area contributed by atoms with Crippen LogP contribution in [0.2, 0.25) is 0 Å². The predicted octanol–water partition coefficient (Wildman–Crippen LogP) is 4.35. The van der Waals surface area contributed by atoms with E-state index in [-0.39, 0.29) is 6.04 Å². The molecule has 20 heavy (non-hydrogen) atoms. The molecule has 0 saturated carbocycles. The predicted molar refractivity (Wildman–Crippen MR) is 82.2 cm³/mol. The zero-order valence-corrected chi connectivity index (χ0v) is 12.1. The van der Waals surface area contributed by atoms with E-state index >= 15 is 0 Å². The smallest absolute Gasteiger partial charge is 0.120 e. The Hall–Kier alpha value is -1.68. The molecule has 4 nitrogen and oxygen atoms in total. The van der Waals surface area contributed by atoms with Crippen LogP contribution in [-0.2, 0) is 0 Å². The Kier molecular flexibility index (Phi) is 8.31. The summed E-state index contributed by atoms with van der Waals surface area (Å²) in [7, 11) is 0. The molecule has 0 bridgehead atoms. The number of nitroso groups, excluding NO2 is 1. The van der Waals surface area contributed by atoms with Crippen LogP contribution in [0, 0.1) is 10.8 Å². The number of hydrogen-bond donors (Lipinski definition) is 1. The van der Waals surface area contributed by atoms with Crippen molar-refractivity contribution >= 4 is 0 Å². The summed E-state index contributed by atoms with van der Waals surface area (Å²) in [5.41, 5.74) is 5.97. The highest BCUT2D eigenvalue weighted by Crippen LogP contribution is 2.14. The van der Waals surface area contributed by atoms with Gasteiger partial charge in [0.05, 0.1) is 18.8 Å². The van der Waals surface area contributed by atoms with E-state index in [0.717, 1.165) is 31.4 Å². The van der Waals surface area contributed by atoms with Crippen LogP contribution in [0.3, 0.4) is 0 Å². The fourth-order valence-electron chi connectivity index (χ4n) is 1.82. The number of unbranched alkanes of at least 4 members (excludes halogenated alkanes) is 1. The van der Waals surface area contributed by atoms with Gasteiger partial charge in [0.1, 0.15) is 5.76 Å². The van der Waals surface area contributed by atoms with E-state index < -0.39 is 0 Å². The van der Waals surface area contributed by atoms with Crippen LogP contribution in [0.15, 0.2) is 52.3 Å². The van der Waals surface area contributed by atoms with Gasteiger partial charge in [0, 0.05) is 0 Å². The van der Waals surface area contributed by atoms with E-state index in [4.69, 9.17) is 10.2 Å². The van der Waals surface area contributed by atoms with E-state index in [1.807, 2.05) is 19.1 Å². The summed E-state index contributed by atoms with van der Waals surface area (Å²) >= 11 is 0. The molecule has 1 heterocycles. The Bertz CT molecular complexity index is 410. The molecular formula is C16H24N2O2. The third kappa shape index (κ3) is 7.04. The second-order valence-electron chi connectivity index (χ2n) is 5.03. The minimum Gasteiger partial charge on any atom is -0.468 e. The molecule has 0 spiro atoms. The van der Waals surface area contributed by atoms with E-state index in [1.54, 1.807) is 6.26 Å². The minimum atomic E-state index is -0.0616. The van der Waals surface area contributed by atoms with Gasteiger partial charge in [-0.15, -0.1) is 0 Å². The lowest BCUT2D eigenvalue weighted by Gasteiger charge is -2.03. The second kappa shape index (κ2) is 10.1. The van der Waals surface area contributed by atoms with Crippen molar-refractivity contribution in [3.63, 3.8) is 0 Å². The molecule has 1 rings (SSSR count). The highest BCUT2D eigenvalue weighted by Gasteiger charge is 2.05. The van der Waals surface area contributed by atoms with E-state index in [1.165, 1.54) is 0 Å². The zero-order valence-electron chi connectivity index (χ0n) is 12.1. The van der Waals surface area contributed by atoms with Crippen molar-refractivity contribution in [2.45, 2.75) is 38.6 Å². The molecule has 0 aliphatic rings. The molecule has 110 valence electrons. The molecular weight excluding hydrogens is 252 g/mol. The van der Waals surface area contributed by atoms with Crippen molar-refractivity contribution in [1.29, 1.82) is 0 Å². The summed E-state index contributed by atoms with van der Waals surface area (Å²) in [5.74, 6) is 1.16. The number of furan rings is 1. The normalized spacial score (nSPS) is 14.9. The van der Waals surface area contributed by atoms with Crippen LogP contribution in [0.1, 0.15) is 44.4 Å². The molecule has 0 fully saturated rings. The molecule has 2 unspecified atom stereocenters. The van der Waals surface area contributed by atoms with E-state index in [0.29, 0.717) is 12.5 Å². The van der Waals surface area contributed by atoms with Crippen LogP contribution in [0.5, 0.6) is 0 Å². The summed E-state index contributed by atoms with van der Waals surface area (Å²) in [5, 5.41) is 2.90. The first-order valence-corrected chi connectivity index (χ1v) is 7.12. The number of nitrogens with two attached hydrogens (primary N) is 1. The maximum absolute atomic E-state index is 10.1. The topological polar surface area (TPSA) is 68.6 Å². The van der Waals surface area contributed by atoms with Crippen molar-refractivity contribution in [1.82, 2.24) is 0 Å². The fraction of sp³-hybridized carbons (Fsp3) is 0.500. The van der Waals surface area contributed by atoms with Gasteiger partial charge in [0.25, 0.3) is 0 Å². The third-order valence-electron chi connectivity index (χ3n) is 3.06. The second-order valence-corrected chi connectivity index (χ2v) is 5.03. The summed E-state index contributed by atoms with van der Waals surface area (Å²) < 4.78 is 5.25. The standard InChI is InChI=1S/C16H24N2O2/c1-14(13-18-19)9-6-4-2-3-5-7-10-15(17)16-11-8-12-20-16/h4-8,11-12,14-15H,2-3,9-10,13,17H2,1H3. The van der Waals surface area contributed by atoms with Gasteiger partial charge in [-0.3, -0.25) is 0 Å². The van der Waals surface area contributed by atoms with Gasteiger partial charge in [0.15, 0.2) is 0 Å². The van der Waals surface area contributed by atoms with Crippen LogP contribution >= 0.6 is 0 Å². The van der Waals surface area contributed by atoms with Gasteiger partial charge < -0.3 is 10.2 Å². The largest absolute Gasteiger partial charge is 0.468 e. The first-order chi connectivity index (χ1) is 9.74. The van der Waals surface area contributed by atoms with Crippen molar-refractivity contribution in [2.75, 3.05) is 6.54 Å². The molecule has 4 heteroatoms. The maximum atomic E-state index is 10.1. The van der Waals surface area contributed by atoms with Gasteiger partial charge in [-0.25, -0.2) is 0 Å². The first kappa shape index (κ1) is 16.4. The van der Waals surface area contributed by atoms with E-state index in [2.05, 4.69) is 29.5 Å². The Morgan fingerprint density at radius 1 is 1.25 bits per heavy atom. The van der Waals surface area contributed by atoms with Gasteiger partial charge >= 0.3 is 0 Å². The molecule has 2 atom stereocenters. The average molecular weight is 276 g/mol. The quantitative estimate of drug-likeness (QED) is 0.392. The van der Waals surface area contributed by atoms with Crippen molar-refractivity contribution in [3.8, 4) is 0 Å². The Balaban J connectivity index is 2.07. The average Bonchev–Trinajstić information content (AvgIpc) is 2.96. The lowest BCUT2D eigenvalue weighted by molar-refractivity contribution is 0.467.